The molecule has 4 rings (SSSR count). The van der Waals surface area contributed by atoms with Crippen LogP contribution in [0.4, 0.5) is 10.1 Å². The molecular weight excluding hydrogens is 561 g/mol. The number of ether oxygens (including phenoxy) is 2. The lowest BCUT2D eigenvalue weighted by molar-refractivity contribution is 0.0730. The summed E-state index contributed by atoms with van der Waals surface area (Å²) < 4.78 is 77.4. The number of rotatable bonds is 11. The van der Waals surface area contributed by atoms with E-state index < -0.39 is 25.9 Å². The normalized spacial score (nSPS) is 14.4. The minimum Gasteiger partial charge on any atom is -0.492 e. The molecule has 0 saturated carbocycles. The molecule has 0 unspecified atom stereocenters. The number of benzene rings is 3. The molecule has 3 aromatic carbocycles. The number of halogens is 1. The summed E-state index contributed by atoms with van der Waals surface area (Å²) in [6, 6.07) is 18.0. The number of sulfonamides is 2. The van der Waals surface area contributed by atoms with Crippen LogP contribution in [0.1, 0.15) is 15.9 Å². The smallest absolute Gasteiger partial charge is 0.251 e. The largest absolute Gasteiger partial charge is 0.492 e. The van der Waals surface area contributed by atoms with Crippen LogP contribution in [0.5, 0.6) is 5.75 Å². The van der Waals surface area contributed by atoms with E-state index in [2.05, 4.69) is 5.32 Å². The zero-order valence-electron chi connectivity index (χ0n) is 21.8. The van der Waals surface area contributed by atoms with Crippen LogP contribution in [0.2, 0.25) is 0 Å². The van der Waals surface area contributed by atoms with Crippen molar-refractivity contribution in [3.05, 3.63) is 89.7 Å². The third-order valence-corrected chi connectivity index (χ3v) is 9.19. The van der Waals surface area contributed by atoms with E-state index in [1.807, 2.05) is 0 Å². The van der Waals surface area contributed by atoms with Gasteiger partial charge in [-0.2, -0.15) is 4.31 Å². The first kappa shape index (κ1) is 29.5. The van der Waals surface area contributed by atoms with Gasteiger partial charge in [0.05, 0.1) is 43.1 Å². The third-order valence-electron chi connectivity index (χ3n) is 6.15. The topological polar surface area (TPSA) is 122 Å². The number of nitrogens with one attached hydrogen (secondary N) is 1. The van der Waals surface area contributed by atoms with Crippen molar-refractivity contribution in [2.75, 3.05) is 50.0 Å². The van der Waals surface area contributed by atoms with Gasteiger partial charge in [-0.15, -0.1) is 0 Å². The van der Waals surface area contributed by atoms with Gasteiger partial charge in [0, 0.05) is 18.7 Å². The predicted molar refractivity (Wildman–Crippen MR) is 148 cm³/mol. The number of anilines is 1. The molecule has 1 aliphatic rings. The third kappa shape index (κ3) is 7.36. The molecule has 0 radical (unpaired) electrons. The van der Waals surface area contributed by atoms with Crippen LogP contribution in [0, 0.1) is 5.82 Å². The van der Waals surface area contributed by atoms with Gasteiger partial charge < -0.3 is 14.8 Å². The molecular formula is C27H30FN3O7S2. The summed E-state index contributed by atoms with van der Waals surface area (Å²) in [5.74, 6) is -0.541. The highest BCUT2D eigenvalue weighted by atomic mass is 32.2. The van der Waals surface area contributed by atoms with E-state index in [9.17, 15) is 26.0 Å². The Kier molecular flexibility index (Phi) is 9.40. The van der Waals surface area contributed by atoms with Crippen molar-refractivity contribution in [3.8, 4) is 5.75 Å². The lowest BCUT2D eigenvalue weighted by Crippen LogP contribution is -2.40. The van der Waals surface area contributed by atoms with Gasteiger partial charge in [0.1, 0.15) is 18.2 Å². The quantitative estimate of drug-likeness (QED) is 0.340. The Labute approximate surface area is 233 Å². The first-order valence-electron chi connectivity index (χ1n) is 12.5. The van der Waals surface area contributed by atoms with Crippen molar-refractivity contribution >= 4 is 31.6 Å². The van der Waals surface area contributed by atoms with Gasteiger partial charge in [0.2, 0.25) is 20.0 Å². The van der Waals surface area contributed by atoms with E-state index in [0.29, 0.717) is 43.2 Å². The van der Waals surface area contributed by atoms with Gasteiger partial charge >= 0.3 is 0 Å². The molecule has 1 amide bonds. The lowest BCUT2D eigenvalue weighted by atomic mass is 10.1. The highest BCUT2D eigenvalue weighted by Crippen LogP contribution is 2.24. The first-order valence-corrected chi connectivity index (χ1v) is 15.7. The van der Waals surface area contributed by atoms with Gasteiger partial charge in [-0.1, -0.05) is 24.3 Å². The Morgan fingerprint density at radius 3 is 2.25 bits per heavy atom. The Hall–Kier alpha value is -3.52. The summed E-state index contributed by atoms with van der Waals surface area (Å²) in [5, 5.41) is 2.73. The predicted octanol–water partition coefficient (Wildman–Crippen LogP) is 2.62. The number of hydrogen-bond acceptors (Lipinski definition) is 7. The fourth-order valence-electron chi connectivity index (χ4n) is 4.04. The van der Waals surface area contributed by atoms with Crippen molar-refractivity contribution in [1.29, 1.82) is 0 Å². The molecule has 1 fully saturated rings. The zero-order valence-corrected chi connectivity index (χ0v) is 23.5. The molecule has 1 N–H and O–H groups in total. The van der Waals surface area contributed by atoms with Gasteiger partial charge in [0.15, 0.2) is 0 Å². The van der Waals surface area contributed by atoms with Crippen LogP contribution >= 0.6 is 0 Å². The molecule has 214 valence electrons. The second kappa shape index (κ2) is 12.8. The number of amides is 1. The van der Waals surface area contributed by atoms with Crippen LogP contribution in [0.3, 0.4) is 0 Å². The van der Waals surface area contributed by atoms with E-state index in [4.69, 9.17) is 9.47 Å². The molecule has 1 saturated heterocycles. The average molecular weight is 592 g/mol. The average Bonchev–Trinajstić information content (AvgIpc) is 2.95. The van der Waals surface area contributed by atoms with Crippen LogP contribution in [-0.4, -0.2) is 72.8 Å². The molecule has 1 heterocycles. The van der Waals surface area contributed by atoms with Crippen molar-refractivity contribution in [3.63, 3.8) is 0 Å². The molecule has 40 heavy (non-hydrogen) atoms. The maximum absolute atomic E-state index is 14.2. The summed E-state index contributed by atoms with van der Waals surface area (Å²) in [6.07, 6.45) is 1.01. The van der Waals surface area contributed by atoms with Crippen molar-refractivity contribution in [2.24, 2.45) is 0 Å². The first-order chi connectivity index (χ1) is 19.1. The summed E-state index contributed by atoms with van der Waals surface area (Å²) in [5.41, 5.74) is 0.881. The van der Waals surface area contributed by atoms with Crippen LogP contribution in [0.25, 0.3) is 0 Å². The number of hydrogen-bond donors (Lipinski definition) is 1. The number of para-hydroxylation sites is 1. The SMILES string of the molecule is CS(=O)(=O)N(Cc1ccc(C(=O)NCCOc2ccc(S(=O)(=O)N3CCOCC3)cc2)cc1)c1ccccc1F. The number of nitrogens with zero attached hydrogens (tertiary/aromatic N) is 2. The van der Waals surface area contributed by atoms with Crippen molar-refractivity contribution in [2.45, 2.75) is 11.4 Å². The minimum absolute atomic E-state index is 0.0554. The molecule has 0 aliphatic carbocycles. The highest BCUT2D eigenvalue weighted by Gasteiger charge is 2.26. The standard InChI is InChI=1S/C27H30FN3O7S2/c1-39(33,34)31(26-5-3-2-4-25(26)28)20-21-6-8-22(9-7-21)27(32)29-14-17-38-23-10-12-24(13-11-23)40(35,36)30-15-18-37-19-16-30/h2-13H,14-20H2,1H3,(H,29,32). The van der Waals surface area contributed by atoms with Crippen LogP contribution in [0.15, 0.2) is 77.7 Å². The summed E-state index contributed by atoms with van der Waals surface area (Å²) in [6.45, 7) is 1.63. The van der Waals surface area contributed by atoms with E-state index in [1.54, 1.807) is 42.5 Å². The van der Waals surface area contributed by atoms with Gasteiger partial charge in [-0.05, 0) is 54.1 Å². The summed E-state index contributed by atoms with van der Waals surface area (Å²) in [4.78, 5) is 12.7. The maximum Gasteiger partial charge on any atom is 0.251 e. The fraction of sp³-hybridized carbons (Fsp3) is 0.296. The molecule has 10 nitrogen and oxygen atoms in total. The number of morpholine rings is 1. The molecule has 0 bridgehead atoms. The zero-order chi connectivity index (χ0) is 28.8. The van der Waals surface area contributed by atoms with E-state index in [-0.39, 0.29) is 36.2 Å². The maximum atomic E-state index is 14.2. The Balaban J connectivity index is 1.27. The molecule has 3 aromatic rings. The van der Waals surface area contributed by atoms with E-state index in [0.717, 1.165) is 10.6 Å². The van der Waals surface area contributed by atoms with Gasteiger partial charge in [0.25, 0.3) is 5.91 Å². The Morgan fingerprint density at radius 1 is 0.975 bits per heavy atom. The van der Waals surface area contributed by atoms with Gasteiger partial charge in [-0.3, -0.25) is 9.10 Å². The fourth-order valence-corrected chi connectivity index (χ4v) is 6.34. The number of carbonyl (C=O) groups excluding carboxylic acids is 1. The lowest BCUT2D eigenvalue weighted by Gasteiger charge is -2.26. The van der Waals surface area contributed by atoms with Crippen LogP contribution < -0.4 is 14.4 Å². The molecule has 0 aromatic heterocycles. The molecule has 0 atom stereocenters. The van der Waals surface area contributed by atoms with E-state index >= 15 is 0 Å². The van der Waals surface area contributed by atoms with Crippen molar-refractivity contribution < 1.29 is 35.5 Å². The van der Waals surface area contributed by atoms with Crippen molar-refractivity contribution in [1.82, 2.24) is 9.62 Å². The van der Waals surface area contributed by atoms with Gasteiger partial charge in [-0.25, -0.2) is 21.2 Å². The highest BCUT2D eigenvalue weighted by molar-refractivity contribution is 7.92. The number of carbonyl (C=O) groups is 1. The van der Waals surface area contributed by atoms with Crippen LogP contribution in [-0.2, 0) is 31.3 Å². The summed E-state index contributed by atoms with van der Waals surface area (Å²) >= 11 is 0. The minimum atomic E-state index is -3.75. The van der Waals surface area contributed by atoms with E-state index in [1.165, 1.54) is 34.6 Å². The Bertz CT molecular complexity index is 1530. The second-order valence-electron chi connectivity index (χ2n) is 9.01. The Morgan fingerprint density at radius 2 is 1.62 bits per heavy atom. The monoisotopic (exact) mass is 591 g/mol. The molecule has 0 spiro atoms. The molecule has 1 aliphatic heterocycles. The molecule has 13 heteroatoms. The summed E-state index contributed by atoms with van der Waals surface area (Å²) in [7, 11) is -7.34. The second-order valence-corrected chi connectivity index (χ2v) is 12.9.